The van der Waals surface area contributed by atoms with E-state index in [1.54, 1.807) is 0 Å². The van der Waals surface area contributed by atoms with Crippen LogP contribution in [0.25, 0.3) is 82.8 Å². The van der Waals surface area contributed by atoms with E-state index in [1.165, 1.54) is 71.5 Å². The van der Waals surface area contributed by atoms with Gasteiger partial charge in [-0.1, -0.05) is 97.1 Å². The largest absolute Gasteiger partial charge is 0.455 e. The van der Waals surface area contributed by atoms with E-state index in [1.807, 2.05) is 0 Å². The third-order valence-corrected chi connectivity index (χ3v) is 8.13. The fourth-order valence-electron chi connectivity index (χ4n) is 6.56. The van der Waals surface area contributed by atoms with Crippen molar-refractivity contribution in [3.05, 3.63) is 127 Å². The second-order valence-electron chi connectivity index (χ2n) is 10.1. The van der Waals surface area contributed by atoms with Crippen LogP contribution in [-0.2, 0) is 0 Å². The van der Waals surface area contributed by atoms with Crippen LogP contribution in [0, 0.1) is 0 Å². The highest BCUT2D eigenvalue weighted by Gasteiger charge is 2.28. The quantitative estimate of drug-likeness (QED) is 0.239. The molecule has 176 valence electrons. The Morgan fingerprint density at radius 3 is 2.16 bits per heavy atom. The second kappa shape index (κ2) is 7.24. The molecule has 0 amide bonds. The smallest absolute Gasteiger partial charge is 0.143 e. The lowest BCUT2D eigenvalue weighted by molar-refractivity contribution is 0.634. The summed E-state index contributed by atoms with van der Waals surface area (Å²) in [5.74, 6) is 0.987. The minimum atomic E-state index is 0.932. The molecule has 0 spiro atoms. The molecule has 1 aliphatic carbocycles. The van der Waals surface area contributed by atoms with E-state index in [-0.39, 0.29) is 0 Å². The first-order valence-corrected chi connectivity index (χ1v) is 13.0. The number of rotatable bonds is 2. The van der Waals surface area contributed by atoms with E-state index < -0.39 is 0 Å². The van der Waals surface area contributed by atoms with Gasteiger partial charge >= 0.3 is 0 Å². The van der Waals surface area contributed by atoms with Crippen molar-refractivity contribution in [2.24, 2.45) is 0 Å². The first-order valence-electron chi connectivity index (χ1n) is 13.0. The van der Waals surface area contributed by atoms with Gasteiger partial charge in [0.25, 0.3) is 0 Å². The number of hydrogen-bond donors (Lipinski definition) is 0. The Bertz CT molecular complexity index is 2220. The Kier molecular flexibility index (Phi) is 3.82. The molecule has 0 saturated heterocycles. The normalized spacial score (nSPS) is 12.2. The van der Waals surface area contributed by atoms with Crippen LogP contribution >= 0.6 is 0 Å². The molecule has 2 aromatic heterocycles. The zero-order chi connectivity index (χ0) is 24.8. The molecule has 6 aromatic carbocycles. The molecule has 2 heterocycles. The maximum absolute atomic E-state index is 6.50. The number of aromatic nitrogens is 1. The van der Waals surface area contributed by atoms with Gasteiger partial charge in [0, 0.05) is 43.9 Å². The highest BCUT2D eigenvalue weighted by molar-refractivity contribution is 6.21. The van der Waals surface area contributed by atoms with Gasteiger partial charge in [0.15, 0.2) is 0 Å². The van der Waals surface area contributed by atoms with Gasteiger partial charge in [-0.25, -0.2) is 0 Å². The third-order valence-electron chi connectivity index (χ3n) is 8.13. The number of para-hydroxylation sites is 3. The Labute approximate surface area is 219 Å². The molecule has 8 aromatic rings. The van der Waals surface area contributed by atoms with E-state index >= 15 is 0 Å². The molecule has 0 bridgehead atoms. The van der Waals surface area contributed by atoms with Gasteiger partial charge in [0.05, 0.1) is 11.0 Å². The molecule has 2 heteroatoms. The standard InChI is InChI=1S/C36H21NO/c1-2-11-24(12-3-1)37-31-18-5-4-13-26(31)27-15-8-14-25(35(27)37)23-19-20-32-30(21-23)34-28-16-6-9-22-10-7-17-29(33(22)28)36(34)38-32/h1-21H. The summed E-state index contributed by atoms with van der Waals surface area (Å²) in [6.45, 7) is 0. The van der Waals surface area contributed by atoms with Crippen LogP contribution in [0.1, 0.15) is 0 Å². The predicted octanol–water partition coefficient (Wildman–Crippen LogP) is 10.00. The lowest BCUT2D eigenvalue weighted by Crippen LogP contribution is -1.95. The molecule has 0 radical (unpaired) electrons. The van der Waals surface area contributed by atoms with Crippen molar-refractivity contribution < 1.29 is 4.42 Å². The summed E-state index contributed by atoms with van der Waals surface area (Å²) in [7, 11) is 0. The zero-order valence-electron chi connectivity index (χ0n) is 20.5. The van der Waals surface area contributed by atoms with E-state index in [0.717, 1.165) is 11.3 Å². The highest BCUT2D eigenvalue weighted by atomic mass is 16.3. The molecule has 2 nitrogen and oxygen atoms in total. The maximum Gasteiger partial charge on any atom is 0.143 e. The highest BCUT2D eigenvalue weighted by Crippen LogP contribution is 2.52. The van der Waals surface area contributed by atoms with Gasteiger partial charge in [-0.2, -0.15) is 0 Å². The minimum absolute atomic E-state index is 0.932. The maximum atomic E-state index is 6.50. The first-order chi connectivity index (χ1) is 18.9. The van der Waals surface area contributed by atoms with Crippen molar-refractivity contribution in [3.63, 3.8) is 0 Å². The molecule has 0 aliphatic heterocycles. The van der Waals surface area contributed by atoms with Crippen LogP contribution in [0.3, 0.4) is 0 Å². The van der Waals surface area contributed by atoms with Crippen LogP contribution in [0.15, 0.2) is 132 Å². The Balaban J connectivity index is 1.36. The van der Waals surface area contributed by atoms with Crippen molar-refractivity contribution in [3.8, 4) is 39.3 Å². The summed E-state index contributed by atoms with van der Waals surface area (Å²) in [6.07, 6.45) is 0. The monoisotopic (exact) mass is 483 g/mol. The summed E-state index contributed by atoms with van der Waals surface area (Å²) in [6, 6.07) is 45.8. The molecule has 0 saturated carbocycles. The molecule has 38 heavy (non-hydrogen) atoms. The van der Waals surface area contributed by atoms with Crippen molar-refractivity contribution in [2.45, 2.75) is 0 Å². The van der Waals surface area contributed by atoms with E-state index in [2.05, 4.69) is 132 Å². The SMILES string of the molecule is c1ccc(-n2c3ccccc3c3cccc(-c4ccc5oc6c(c5c4)-c4cccc5cccc-6c45)c32)cc1. The van der Waals surface area contributed by atoms with Gasteiger partial charge in [-0.05, 0) is 46.8 Å². The van der Waals surface area contributed by atoms with Crippen LogP contribution in [-0.4, -0.2) is 4.57 Å². The average molecular weight is 484 g/mol. The van der Waals surface area contributed by atoms with Crippen molar-refractivity contribution >= 4 is 43.5 Å². The lowest BCUT2D eigenvalue weighted by atomic mass is 9.97. The van der Waals surface area contributed by atoms with Gasteiger partial charge in [-0.15, -0.1) is 0 Å². The molecule has 1 aliphatic rings. The van der Waals surface area contributed by atoms with Crippen molar-refractivity contribution in [1.29, 1.82) is 0 Å². The molecule has 0 unspecified atom stereocenters. The summed E-state index contributed by atoms with van der Waals surface area (Å²) in [4.78, 5) is 0. The number of furan rings is 1. The molecule has 0 fully saturated rings. The Morgan fingerprint density at radius 1 is 0.526 bits per heavy atom. The van der Waals surface area contributed by atoms with Crippen molar-refractivity contribution in [1.82, 2.24) is 4.57 Å². The van der Waals surface area contributed by atoms with Crippen LogP contribution < -0.4 is 0 Å². The Hall–Kier alpha value is -5.08. The third kappa shape index (κ3) is 2.51. The molecule has 9 rings (SSSR count). The van der Waals surface area contributed by atoms with Gasteiger partial charge in [-0.3, -0.25) is 0 Å². The van der Waals surface area contributed by atoms with Gasteiger partial charge in [0.2, 0.25) is 0 Å². The van der Waals surface area contributed by atoms with Crippen LogP contribution in [0.2, 0.25) is 0 Å². The summed E-state index contributed by atoms with van der Waals surface area (Å²) in [5, 5.41) is 6.24. The minimum Gasteiger partial charge on any atom is -0.455 e. The molecular weight excluding hydrogens is 462 g/mol. The van der Waals surface area contributed by atoms with Gasteiger partial charge < -0.3 is 8.98 Å². The van der Waals surface area contributed by atoms with Gasteiger partial charge in [0.1, 0.15) is 11.3 Å². The topological polar surface area (TPSA) is 18.1 Å². The fourth-order valence-corrected chi connectivity index (χ4v) is 6.56. The van der Waals surface area contributed by atoms with Crippen LogP contribution in [0.4, 0.5) is 0 Å². The van der Waals surface area contributed by atoms with E-state index in [9.17, 15) is 0 Å². The van der Waals surface area contributed by atoms with E-state index in [0.29, 0.717) is 0 Å². The number of nitrogens with zero attached hydrogens (tertiary/aromatic N) is 1. The summed E-state index contributed by atoms with van der Waals surface area (Å²) in [5.41, 5.74) is 10.6. The number of hydrogen-bond acceptors (Lipinski definition) is 1. The fraction of sp³-hybridized carbons (Fsp3) is 0. The lowest BCUT2D eigenvalue weighted by Gasteiger charge is -2.12. The molecule has 0 N–H and O–H groups in total. The number of benzene rings is 6. The zero-order valence-corrected chi connectivity index (χ0v) is 20.5. The molecule has 0 atom stereocenters. The average Bonchev–Trinajstić information content (AvgIpc) is 3.62. The Morgan fingerprint density at radius 2 is 1.26 bits per heavy atom. The molecular formula is C36H21NO. The second-order valence-corrected chi connectivity index (χ2v) is 10.1. The van der Waals surface area contributed by atoms with E-state index in [4.69, 9.17) is 4.42 Å². The first kappa shape index (κ1) is 20.0. The summed E-state index contributed by atoms with van der Waals surface area (Å²) < 4.78 is 8.90. The number of fused-ring (bicyclic) bond motifs is 8. The summed E-state index contributed by atoms with van der Waals surface area (Å²) >= 11 is 0. The van der Waals surface area contributed by atoms with Crippen molar-refractivity contribution in [2.75, 3.05) is 0 Å². The predicted molar refractivity (Wildman–Crippen MR) is 158 cm³/mol. The van der Waals surface area contributed by atoms with Crippen LogP contribution in [0.5, 0.6) is 0 Å².